The minimum absolute atomic E-state index is 0.130. The zero-order valence-electron chi connectivity index (χ0n) is 15.2. The summed E-state index contributed by atoms with van der Waals surface area (Å²) in [4.78, 5) is 11.9. The molecule has 6 nitrogen and oxygen atoms in total. The summed E-state index contributed by atoms with van der Waals surface area (Å²) in [6, 6.07) is 6.60. The number of aryl methyl sites for hydroxylation is 2. The van der Waals surface area contributed by atoms with Crippen LogP contribution < -0.4 is 14.9 Å². The number of carbonyl (C=O) groups excluding carboxylic acids is 1. The Kier molecular flexibility index (Phi) is 7.33. The molecule has 8 heteroatoms. The highest BCUT2D eigenvalue weighted by Gasteiger charge is 2.09. The first-order valence-electron chi connectivity index (χ1n) is 8.18. The van der Waals surface area contributed by atoms with E-state index in [9.17, 15) is 9.90 Å². The van der Waals surface area contributed by atoms with Crippen molar-refractivity contribution in [2.75, 3.05) is 13.2 Å². The van der Waals surface area contributed by atoms with Gasteiger partial charge in [0.25, 0.3) is 5.91 Å². The number of carbonyl (C=O) groups is 1. The molecular formula is C19H20Cl2N2O4. The number of hydrazone groups is 1. The zero-order valence-corrected chi connectivity index (χ0v) is 16.7. The third-order valence-corrected chi connectivity index (χ3v) is 4.42. The molecule has 0 aliphatic heterocycles. The summed E-state index contributed by atoms with van der Waals surface area (Å²) in [7, 11) is 0. The molecule has 144 valence electrons. The SMILES string of the molecule is CCOc1cc(C=NNC(=O)COc2cc(C)c(Cl)c(C)c2)cc(Cl)c1O. The van der Waals surface area contributed by atoms with Gasteiger partial charge in [-0.25, -0.2) is 5.43 Å². The van der Waals surface area contributed by atoms with E-state index in [0.29, 0.717) is 22.9 Å². The largest absolute Gasteiger partial charge is 0.503 e. The van der Waals surface area contributed by atoms with Crippen molar-refractivity contribution in [2.45, 2.75) is 20.8 Å². The van der Waals surface area contributed by atoms with Crippen molar-refractivity contribution in [1.29, 1.82) is 0 Å². The highest BCUT2D eigenvalue weighted by molar-refractivity contribution is 6.32. The molecule has 0 aliphatic rings. The van der Waals surface area contributed by atoms with Gasteiger partial charge in [0.2, 0.25) is 0 Å². The van der Waals surface area contributed by atoms with E-state index in [0.717, 1.165) is 11.1 Å². The molecule has 1 amide bonds. The molecular weight excluding hydrogens is 391 g/mol. The average molecular weight is 411 g/mol. The monoisotopic (exact) mass is 410 g/mol. The summed E-state index contributed by atoms with van der Waals surface area (Å²) in [5.41, 5.74) is 4.67. The van der Waals surface area contributed by atoms with Crippen molar-refractivity contribution in [3.05, 3.63) is 51.0 Å². The number of aromatic hydroxyl groups is 1. The molecule has 0 aromatic heterocycles. The fraction of sp³-hybridized carbons (Fsp3) is 0.263. The normalized spacial score (nSPS) is 10.9. The maximum atomic E-state index is 11.9. The molecule has 2 aromatic rings. The summed E-state index contributed by atoms with van der Waals surface area (Å²) >= 11 is 12.0. The lowest BCUT2D eigenvalue weighted by molar-refractivity contribution is -0.123. The van der Waals surface area contributed by atoms with Gasteiger partial charge in [-0.15, -0.1) is 0 Å². The molecule has 2 N–H and O–H groups in total. The molecule has 0 fully saturated rings. The number of hydrogen-bond acceptors (Lipinski definition) is 5. The first kappa shape index (κ1) is 20.9. The number of nitrogens with zero attached hydrogens (tertiary/aromatic N) is 1. The first-order chi connectivity index (χ1) is 12.8. The standard InChI is InChI=1S/C19H20Cl2N2O4/c1-4-26-16-8-13(7-15(20)19(16)25)9-22-23-17(24)10-27-14-5-11(2)18(21)12(3)6-14/h5-9,25H,4,10H2,1-3H3,(H,23,24). The Balaban J connectivity index is 1.94. The van der Waals surface area contributed by atoms with Crippen molar-refractivity contribution in [1.82, 2.24) is 5.43 Å². The predicted molar refractivity (Wildman–Crippen MR) is 106 cm³/mol. The Morgan fingerprint density at radius 3 is 2.48 bits per heavy atom. The second-order valence-electron chi connectivity index (χ2n) is 5.74. The van der Waals surface area contributed by atoms with Crippen molar-refractivity contribution in [3.63, 3.8) is 0 Å². The van der Waals surface area contributed by atoms with Crippen LogP contribution in [0.2, 0.25) is 10.0 Å². The fourth-order valence-corrected chi connectivity index (χ4v) is 2.61. The van der Waals surface area contributed by atoms with Crippen LogP contribution in [0.3, 0.4) is 0 Å². The molecule has 0 atom stereocenters. The second-order valence-corrected chi connectivity index (χ2v) is 6.52. The minimum Gasteiger partial charge on any atom is -0.503 e. The van der Waals surface area contributed by atoms with E-state index < -0.39 is 5.91 Å². The van der Waals surface area contributed by atoms with Crippen LogP contribution in [0.4, 0.5) is 0 Å². The van der Waals surface area contributed by atoms with Gasteiger partial charge in [-0.3, -0.25) is 4.79 Å². The number of phenolic OH excluding ortho intramolecular Hbond substituents is 1. The van der Waals surface area contributed by atoms with E-state index in [2.05, 4.69) is 10.5 Å². The van der Waals surface area contributed by atoms with Gasteiger partial charge >= 0.3 is 0 Å². The molecule has 2 rings (SSSR count). The third-order valence-electron chi connectivity index (χ3n) is 3.53. The van der Waals surface area contributed by atoms with Crippen LogP contribution in [0.15, 0.2) is 29.4 Å². The maximum Gasteiger partial charge on any atom is 0.277 e. The molecule has 0 heterocycles. The number of phenols is 1. The molecule has 0 saturated carbocycles. The Morgan fingerprint density at radius 2 is 1.85 bits per heavy atom. The van der Waals surface area contributed by atoms with Crippen molar-refractivity contribution >= 4 is 35.3 Å². The van der Waals surface area contributed by atoms with Crippen LogP contribution in [0.5, 0.6) is 17.2 Å². The van der Waals surface area contributed by atoms with Crippen molar-refractivity contribution in [2.24, 2.45) is 5.10 Å². The van der Waals surface area contributed by atoms with E-state index >= 15 is 0 Å². The molecule has 0 spiro atoms. The molecule has 2 aromatic carbocycles. The number of hydrogen-bond donors (Lipinski definition) is 2. The lowest BCUT2D eigenvalue weighted by Gasteiger charge is -2.09. The van der Waals surface area contributed by atoms with Gasteiger partial charge in [-0.05, 0) is 61.7 Å². The van der Waals surface area contributed by atoms with Gasteiger partial charge in [-0.2, -0.15) is 5.10 Å². The smallest absolute Gasteiger partial charge is 0.277 e. The lowest BCUT2D eigenvalue weighted by atomic mass is 10.1. The van der Waals surface area contributed by atoms with E-state index in [1.807, 2.05) is 13.8 Å². The average Bonchev–Trinajstić information content (AvgIpc) is 2.62. The van der Waals surface area contributed by atoms with Crippen LogP contribution in [0, 0.1) is 13.8 Å². The molecule has 27 heavy (non-hydrogen) atoms. The summed E-state index contributed by atoms with van der Waals surface area (Å²) in [6.45, 7) is 5.70. The highest BCUT2D eigenvalue weighted by Crippen LogP contribution is 2.34. The van der Waals surface area contributed by atoms with Gasteiger partial charge in [0.15, 0.2) is 18.1 Å². The maximum absolute atomic E-state index is 11.9. The summed E-state index contributed by atoms with van der Waals surface area (Å²) in [6.07, 6.45) is 1.39. The molecule has 0 aliphatic carbocycles. The number of benzene rings is 2. The molecule has 0 saturated heterocycles. The lowest BCUT2D eigenvalue weighted by Crippen LogP contribution is -2.24. The second kappa shape index (κ2) is 9.48. The van der Waals surface area contributed by atoms with Crippen LogP contribution in [0.1, 0.15) is 23.6 Å². The van der Waals surface area contributed by atoms with E-state index in [-0.39, 0.29) is 23.1 Å². The number of ether oxygens (including phenoxy) is 2. The van der Waals surface area contributed by atoms with E-state index in [1.165, 1.54) is 12.3 Å². The summed E-state index contributed by atoms with van der Waals surface area (Å²) < 4.78 is 10.7. The summed E-state index contributed by atoms with van der Waals surface area (Å²) in [5.74, 6) is 0.239. The van der Waals surface area contributed by atoms with Gasteiger partial charge in [-0.1, -0.05) is 23.2 Å². The van der Waals surface area contributed by atoms with Crippen LogP contribution >= 0.6 is 23.2 Å². The zero-order chi connectivity index (χ0) is 20.0. The topological polar surface area (TPSA) is 80.2 Å². The van der Waals surface area contributed by atoms with E-state index in [4.69, 9.17) is 32.7 Å². The Labute approximate surface area is 167 Å². The molecule has 0 bridgehead atoms. The Hall–Kier alpha value is -2.44. The first-order valence-corrected chi connectivity index (χ1v) is 8.94. The van der Waals surface area contributed by atoms with Gasteiger partial charge in [0.05, 0.1) is 17.8 Å². The third kappa shape index (κ3) is 5.77. The minimum atomic E-state index is -0.425. The number of amides is 1. The van der Waals surface area contributed by atoms with Crippen LogP contribution in [-0.4, -0.2) is 30.4 Å². The number of rotatable bonds is 7. The number of halogens is 2. The van der Waals surface area contributed by atoms with Crippen LogP contribution in [0.25, 0.3) is 0 Å². The van der Waals surface area contributed by atoms with E-state index in [1.54, 1.807) is 25.1 Å². The predicted octanol–water partition coefficient (Wildman–Crippen LogP) is 4.24. The molecule has 0 unspecified atom stereocenters. The van der Waals surface area contributed by atoms with Crippen LogP contribution in [-0.2, 0) is 4.79 Å². The number of nitrogens with one attached hydrogen (secondary N) is 1. The summed E-state index contributed by atoms with van der Waals surface area (Å²) in [5, 5.41) is 14.5. The molecule has 0 radical (unpaired) electrons. The highest BCUT2D eigenvalue weighted by atomic mass is 35.5. The van der Waals surface area contributed by atoms with Gasteiger partial charge in [0, 0.05) is 5.02 Å². The van der Waals surface area contributed by atoms with Gasteiger partial charge < -0.3 is 14.6 Å². The Bertz CT molecular complexity index is 846. The fourth-order valence-electron chi connectivity index (χ4n) is 2.28. The van der Waals surface area contributed by atoms with Gasteiger partial charge in [0.1, 0.15) is 5.75 Å². The quantitative estimate of drug-likeness (QED) is 0.528. The Morgan fingerprint density at radius 1 is 1.19 bits per heavy atom. The van der Waals surface area contributed by atoms with Crippen molar-refractivity contribution < 1.29 is 19.4 Å². The van der Waals surface area contributed by atoms with Crippen molar-refractivity contribution in [3.8, 4) is 17.2 Å².